The Kier molecular flexibility index (Phi) is 5.83. The summed E-state index contributed by atoms with van der Waals surface area (Å²) >= 11 is 0. The summed E-state index contributed by atoms with van der Waals surface area (Å²) in [6.07, 6.45) is 1.10. The van der Waals surface area contributed by atoms with Gasteiger partial charge in [0.25, 0.3) is 0 Å². The highest BCUT2D eigenvalue weighted by atomic mass is 35.5. The lowest BCUT2D eigenvalue weighted by atomic mass is 9.95. The number of hydrogen-bond acceptors (Lipinski definition) is 2. The van der Waals surface area contributed by atoms with E-state index in [2.05, 4.69) is 13.8 Å². The molecule has 19 heavy (non-hydrogen) atoms. The number of likely N-dealkylation sites (tertiary alicyclic amines) is 1. The monoisotopic (exact) mass is 282 g/mol. The van der Waals surface area contributed by atoms with Gasteiger partial charge in [-0.05, 0) is 23.8 Å². The van der Waals surface area contributed by atoms with Gasteiger partial charge >= 0.3 is 0 Å². The molecule has 0 bridgehead atoms. The van der Waals surface area contributed by atoms with Crippen molar-refractivity contribution in [2.24, 2.45) is 17.6 Å². The van der Waals surface area contributed by atoms with Crippen LogP contribution in [0.3, 0.4) is 0 Å². The van der Waals surface area contributed by atoms with Crippen molar-refractivity contribution in [3.8, 4) is 0 Å². The molecule has 1 fully saturated rings. The summed E-state index contributed by atoms with van der Waals surface area (Å²) in [7, 11) is 0. The molecule has 0 radical (unpaired) electrons. The lowest BCUT2D eigenvalue weighted by Crippen LogP contribution is -2.37. The Morgan fingerprint density at radius 2 is 1.95 bits per heavy atom. The minimum atomic E-state index is -0.517. The Hall–Kier alpha value is -1.06. The maximum absolute atomic E-state index is 12.3. The Morgan fingerprint density at radius 1 is 1.32 bits per heavy atom. The molecule has 0 saturated carbocycles. The lowest BCUT2D eigenvalue weighted by molar-refractivity contribution is -0.131. The van der Waals surface area contributed by atoms with Gasteiger partial charge in [-0.3, -0.25) is 4.79 Å². The summed E-state index contributed by atoms with van der Waals surface area (Å²) in [4.78, 5) is 14.2. The van der Waals surface area contributed by atoms with Gasteiger partial charge in [0.2, 0.25) is 5.91 Å². The average molecular weight is 283 g/mol. The summed E-state index contributed by atoms with van der Waals surface area (Å²) in [5.41, 5.74) is 6.95. The molecule has 0 spiro atoms. The highest BCUT2D eigenvalue weighted by molar-refractivity contribution is 5.85. The van der Waals surface area contributed by atoms with Crippen LogP contribution in [0, 0.1) is 11.8 Å². The fourth-order valence-corrected chi connectivity index (χ4v) is 2.53. The topological polar surface area (TPSA) is 46.3 Å². The standard InChI is InChI=1S/C15H22N2O.ClH/c1-11(2)13-8-9-17(10-13)15(18)14(16)12-6-4-3-5-7-12;/h3-7,11,13-14H,8-10,16H2,1-2H3;1H. The second-order valence-corrected chi connectivity index (χ2v) is 5.47. The van der Waals surface area contributed by atoms with Crippen LogP contribution in [0.4, 0.5) is 0 Å². The molecule has 2 unspecified atom stereocenters. The van der Waals surface area contributed by atoms with E-state index in [-0.39, 0.29) is 18.3 Å². The van der Waals surface area contributed by atoms with Crippen LogP contribution in [0.15, 0.2) is 30.3 Å². The third-order valence-electron chi connectivity index (χ3n) is 3.90. The zero-order valence-electron chi connectivity index (χ0n) is 11.6. The van der Waals surface area contributed by atoms with E-state index >= 15 is 0 Å². The number of carbonyl (C=O) groups is 1. The average Bonchev–Trinajstić information content (AvgIpc) is 2.88. The Morgan fingerprint density at radius 3 is 2.47 bits per heavy atom. The molecule has 4 heteroatoms. The van der Waals surface area contributed by atoms with Crippen molar-refractivity contribution in [1.29, 1.82) is 0 Å². The molecule has 106 valence electrons. The lowest BCUT2D eigenvalue weighted by Gasteiger charge is -2.22. The van der Waals surface area contributed by atoms with Crippen LogP contribution < -0.4 is 5.73 Å². The molecule has 1 amide bonds. The maximum Gasteiger partial charge on any atom is 0.244 e. The summed E-state index contributed by atoms with van der Waals surface area (Å²) in [5.74, 6) is 1.32. The number of halogens is 1. The molecule has 2 N–H and O–H groups in total. The van der Waals surface area contributed by atoms with Crippen molar-refractivity contribution in [1.82, 2.24) is 4.90 Å². The molecule has 0 aromatic heterocycles. The summed E-state index contributed by atoms with van der Waals surface area (Å²) in [6.45, 7) is 6.14. The van der Waals surface area contributed by atoms with Gasteiger partial charge in [0, 0.05) is 13.1 Å². The third-order valence-corrected chi connectivity index (χ3v) is 3.90. The van der Waals surface area contributed by atoms with Crippen molar-refractivity contribution in [3.05, 3.63) is 35.9 Å². The molecular formula is C15H23ClN2O. The van der Waals surface area contributed by atoms with Crippen LogP contribution in [0.5, 0.6) is 0 Å². The largest absolute Gasteiger partial charge is 0.341 e. The first kappa shape index (κ1) is 16.0. The second-order valence-electron chi connectivity index (χ2n) is 5.47. The fraction of sp³-hybridized carbons (Fsp3) is 0.533. The normalized spacial score (nSPS) is 20.2. The van der Waals surface area contributed by atoms with Crippen LogP contribution in [0.2, 0.25) is 0 Å². The second kappa shape index (κ2) is 6.92. The Balaban J connectivity index is 0.00000180. The van der Waals surface area contributed by atoms with Crippen LogP contribution in [-0.2, 0) is 4.79 Å². The van der Waals surface area contributed by atoms with Crippen LogP contribution >= 0.6 is 12.4 Å². The van der Waals surface area contributed by atoms with E-state index in [0.717, 1.165) is 25.1 Å². The van der Waals surface area contributed by atoms with Gasteiger partial charge in [0.15, 0.2) is 0 Å². The zero-order chi connectivity index (χ0) is 13.1. The van der Waals surface area contributed by atoms with Crippen molar-refractivity contribution in [3.63, 3.8) is 0 Å². The number of nitrogens with two attached hydrogens (primary N) is 1. The van der Waals surface area contributed by atoms with Crippen molar-refractivity contribution < 1.29 is 4.79 Å². The first-order valence-corrected chi connectivity index (χ1v) is 6.69. The molecule has 1 aromatic carbocycles. The summed E-state index contributed by atoms with van der Waals surface area (Å²) < 4.78 is 0. The van der Waals surface area contributed by atoms with Crippen LogP contribution in [0.1, 0.15) is 31.9 Å². The maximum atomic E-state index is 12.3. The third kappa shape index (κ3) is 3.71. The number of rotatable bonds is 3. The van der Waals surface area contributed by atoms with Gasteiger partial charge < -0.3 is 10.6 Å². The van der Waals surface area contributed by atoms with Gasteiger partial charge in [-0.25, -0.2) is 0 Å². The van der Waals surface area contributed by atoms with Crippen LogP contribution in [0.25, 0.3) is 0 Å². The molecule has 3 nitrogen and oxygen atoms in total. The predicted molar refractivity (Wildman–Crippen MR) is 80.1 cm³/mol. The Labute approximate surface area is 121 Å². The minimum Gasteiger partial charge on any atom is -0.341 e. The zero-order valence-corrected chi connectivity index (χ0v) is 12.4. The molecule has 1 aliphatic rings. The van der Waals surface area contributed by atoms with Gasteiger partial charge in [-0.1, -0.05) is 44.2 Å². The Bertz CT molecular complexity index is 408. The molecular weight excluding hydrogens is 260 g/mol. The molecule has 2 atom stereocenters. The van der Waals surface area contributed by atoms with E-state index in [9.17, 15) is 4.79 Å². The van der Waals surface area contributed by atoms with Gasteiger partial charge in [-0.2, -0.15) is 0 Å². The quantitative estimate of drug-likeness (QED) is 0.926. The molecule has 1 saturated heterocycles. The highest BCUT2D eigenvalue weighted by Gasteiger charge is 2.30. The van der Waals surface area contributed by atoms with E-state index in [1.54, 1.807) is 0 Å². The van der Waals surface area contributed by atoms with Crippen molar-refractivity contribution >= 4 is 18.3 Å². The van der Waals surface area contributed by atoms with Crippen LogP contribution in [-0.4, -0.2) is 23.9 Å². The number of carbonyl (C=O) groups excluding carboxylic acids is 1. The fourth-order valence-electron chi connectivity index (χ4n) is 2.53. The number of amides is 1. The van der Waals surface area contributed by atoms with E-state index in [4.69, 9.17) is 5.73 Å². The molecule has 1 aromatic rings. The summed E-state index contributed by atoms with van der Waals surface area (Å²) in [5, 5.41) is 0. The first-order chi connectivity index (χ1) is 8.59. The van der Waals surface area contributed by atoms with E-state index in [1.807, 2.05) is 35.2 Å². The number of hydrogen-bond donors (Lipinski definition) is 1. The molecule has 2 rings (SSSR count). The number of nitrogens with zero attached hydrogens (tertiary/aromatic N) is 1. The van der Waals surface area contributed by atoms with Gasteiger partial charge in [-0.15, -0.1) is 12.4 Å². The molecule has 1 heterocycles. The van der Waals surface area contributed by atoms with Gasteiger partial charge in [0.1, 0.15) is 6.04 Å². The van der Waals surface area contributed by atoms with E-state index < -0.39 is 6.04 Å². The highest BCUT2D eigenvalue weighted by Crippen LogP contribution is 2.25. The predicted octanol–water partition coefficient (Wildman–Crippen LogP) is 2.61. The summed E-state index contributed by atoms with van der Waals surface area (Å²) in [6, 6.07) is 9.09. The first-order valence-electron chi connectivity index (χ1n) is 6.69. The molecule has 1 aliphatic heterocycles. The van der Waals surface area contributed by atoms with Gasteiger partial charge in [0.05, 0.1) is 0 Å². The van der Waals surface area contributed by atoms with Crippen molar-refractivity contribution in [2.75, 3.05) is 13.1 Å². The molecule has 0 aliphatic carbocycles. The van der Waals surface area contributed by atoms with E-state index in [0.29, 0.717) is 11.8 Å². The minimum absolute atomic E-state index is 0. The van der Waals surface area contributed by atoms with E-state index in [1.165, 1.54) is 0 Å². The number of benzene rings is 1. The SMILES string of the molecule is CC(C)C1CCN(C(=O)C(N)c2ccccc2)C1.Cl. The van der Waals surface area contributed by atoms with Crippen molar-refractivity contribution in [2.45, 2.75) is 26.3 Å². The smallest absolute Gasteiger partial charge is 0.244 e.